The first-order valence-electron chi connectivity index (χ1n) is 3.53. The van der Waals surface area contributed by atoms with Crippen LogP contribution < -0.4 is 15.8 Å². The minimum atomic E-state index is -1.04. The SMILES string of the molecule is Nc1nc(OC(=O)NC(=O)C=NO)cs1. The molecule has 0 fully saturated rings. The molecule has 4 N–H and O–H groups in total. The quantitative estimate of drug-likeness (QED) is 0.367. The third-order valence-corrected chi connectivity index (χ3v) is 1.75. The number of hydrogen-bond donors (Lipinski definition) is 3. The molecule has 0 unspecified atom stereocenters. The lowest BCUT2D eigenvalue weighted by molar-refractivity contribution is -0.113. The summed E-state index contributed by atoms with van der Waals surface area (Å²) in [6.45, 7) is 0. The fraction of sp³-hybridized carbons (Fsp3) is 0. The van der Waals surface area contributed by atoms with Gasteiger partial charge in [0.2, 0.25) is 5.88 Å². The lowest BCUT2D eigenvalue weighted by atomic mass is 10.7. The summed E-state index contributed by atoms with van der Waals surface area (Å²) in [7, 11) is 0. The Hall–Kier alpha value is -2.16. The molecule has 0 bridgehead atoms. The molecule has 80 valence electrons. The number of carbonyl (C=O) groups excluding carboxylic acids is 2. The Balaban J connectivity index is 2.46. The first kappa shape index (κ1) is 10.9. The number of rotatable bonds is 2. The van der Waals surface area contributed by atoms with Gasteiger partial charge in [0.05, 0.1) is 5.38 Å². The van der Waals surface area contributed by atoms with Crippen LogP contribution >= 0.6 is 11.3 Å². The van der Waals surface area contributed by atoms with E-state index in [1.807, 2.05) is 0 Å². The predicted octanol–water partition coefficient (Wildman–Crippen LogP) is -0.200. The normalized spacial score (nSPS) is 10.1. The van der Waals surface area contributed by atoms with Crippen LogP contribution in [-0.2, 0) is 4.79 Å². The molecule has 9 heteroatoms. The Bertz CT molecular complexity index is 402. The second kappa shape index (κ2) is 4.91. The van der Waals surface area contributed by atoms with Crippen LogP contribution in [-0.4, -0.2) is 28.4 Å². The number of nitrogens with one attached hydrogen (secondary N) is 1. The monoisotopic (exact) mass is 230 g/mol. The molecule has 0 aliphatic carbocycles. The van der Waals surface area contributed by atoms with Crippen LogP contribution in [0.1, 0.15) is 0 Å². The maximum absolute atomic E-state index is 10.9. The third kappa shape index (κ3) is 3.60. The lowest BCUT2D eigenvalue weighted by Crippen LogP contribution is -2.33. The molecule has 0 radical (unpaired) electrons. The van der Waals surface area contributed by atoms with Gasteiger partial charge >= 0.3 is 6.09 Å². The first-order valence-corrected chi connectivity index (χ1v) is 4.41. The second-order valence-electron chi connectivity index (χ2n) is 2.15. The number of oxime groups is 1. The summed E-state index contributed by atoms with van der Waals surface area (Å²) in [6, 6.07) is 0. The highest BCUT2D eigenvalue weighted by molar-refractivity contribution is 7.13. The topological polar surface area (TPSA) is 127 Å². The van der Waals surface area contributed by atoms with Crippen molar-refractivity contribution >= 4 is 34.7 Å². The average Bonchev–Trinajstić information content (AvgIpc) is 2.51. The number of nitrogens with zero attached hydrogens (tertiary/aromatic N) is 2. The largest absolute Gasteiger partial charge is 0.420 e. The molecule has 0 aliphatic heterocycles. The van der Waals surface area contributed by atoms with Gasteiger partial charge in [-0.15, -0.1) is 11.3 Å². The van der Waals surface area contributed by atoms with E-state index >= 15 is 0 Å². The molecule has 1 heterocycles. The van der Waals surface area contributed by atoms with Crippen LogP contribution in [0.2, 0.25) is 0 Å². The van der Waals surface area contributed by atoms with Crippen LogP contribution in [0, 0.1) is 0 Å². The van der Waals surface area contributed by atoms with E-state index in [2.05, 4.69) is 14.9 Å². The summed E-state index contributed by atoms with van der Waals surface area (Å²) in [5, 5.41) is 13.8. The van der Waals surface area contributed by atoms with Gasteiger partial charge in [-0.3, -0.25) is 10.1 Å². The lowest BCUT2D eigenvalue weighted by Gasteiger charge is -1.98. The van der Waals surface area contributed by atoms with Gasteiger partial charge in [0.25, 0.3) is 5.91 Å². The maximum atomic E-state index is 10.9. The molecule has 1 rings (SSSR count). The van der Waals surface area contributed by atoms with E-state index in [0.717, 1.165) is 11.3 Å². The minimum Gasteiger partial charge on any atom is -0.411 e. The molecule has 8 nitrogen and oxygen atoms in total. The van der Waals surface area contributed by atoms with Crippen LogP contribution in [0.15, 0.2) is 10.5 Å². The molecule has 1 aromatic rings. The van der Waals surface area contributed by atoms with Crippen molar-refractivity contribution in [1.82, 2.24) is 10.3 Å². The zero-order valence-corrected chi connectivity index (χ0v) is 8.02. The van der Waals surface area contributed by atoms with Crippen molar-refractivity contribution in [3.05, 3.63) is 5.38 Å². The highest BCUT2D eigenvalue weighted by Gasteiger charge is 2.09. The van der Waals surface area contributed by atoms with E-state index in [4.69, 9.17) is 10.9 Å². The standard InChI is InChI=1S/C6H6N4O4S/c7-5-10-4(2-15-5)14-6(12)9-3(11)1-8-13/h1-2,13H,(H2,7,10)(H,9,11,12). The molecule has 2 amide bonds. The summed E-state index contributed by atoms with van der Waals surface area (Å²) in [4.78, 5) is 25.2. The summed E-state index contributed by atoms with van der Waals surface area (Å²) in [6.07, 6.45) is -0.526. The van der Waals surface area contributed by atoms with E-state index in [1.54, 1.807) is 5.32 Å². The van der Waals surface area contributed by atoms with Crippen LogP contribution in [0.4, 0.5) is 9.93 Å². The van der Waals surface area contributed by atoms with Crippen LogP contribution in [0.5, 0.6) is 5.88 Å². The molecule has 0 aliphatic rings. The molecular formula is C6H6N4O4S. The molecule has 1 aromatic heterocycles. The number of thiazole rings is 1. The zero-order chi connectivity index (χ0) is 11.3. The number of nitrogen functional groups attached to an aromatic ring is 1. The van der Waals surface area contributed by atoms with Crippen LogP contribution in [0.3, 0.4) is 0 Å². The molecule has 0 saturated carbocycles. The van der Waals surface area contributed by atoms with E-state index in [0.29, 0.717) is 6.21 Å². The average molecular weight is 230 g/mol. The summed E-state index contributed by atoms with van der Waals surface area (Å²) >= 11 is 1.09. The number of carbonyl (C=O) groups is 2. The van der Waals surface area contributed by atoms with Crippen molar-refractivity contribution in [3.8, 4) is 5.88 Å². The van der Waals surface area contributed by atoms with Gasteiger partial charge in [0.1, 0.15) is 6.21 Å². The number of aromatic nitrogens is 1. The predicted molar refractivity (Wildman–Crippen MR) is 51.0 cm³/mol. The maximum Gasteiger partial charge on any atom is 0.420 e. The van der Waals surface area contributed by atoms with Gasteiger partial charge in [-0.05, 0) is 0 Å². The van der Waals surface area contributed by atoms with Gasteiger partial charge in [0, 0.05) is 0 Å². The van der Waals surface area contributed by atoms with Crippen molar-refractivity contribution in [3.63, 3.8) is 0 Å². The molecule has 15 heavy (non-hydrogen) atoms. The Kier molecular flexibility index (Phi) is 3.57. The van der Waals surface area contributed by atoms with Gasteiger partial charge in [-0.25, -0.2) is 4.79 Å². The Labute approximate surface area is 87.4 Å². The highest BCUT2D eigenvalue weighted by atomic mass is 32.1. The van der Waals surface area contributed by atoms with Gasteiger partial charge in [0.15, 0.2) is 5.13 Å². The van der Waals surface area contributed by atoms with E-state index in [9.17, 15) is 9.59 Å². The molecule has 0 spiro atoms. The Morgan fingerprint density at radius 3 is 3.00 bits per heavy atom. The molecular weight excluding hydrogens is 224 g/mol. The van der Waals surface area contributed by atoms with Crippen molar-refractivity contribution in [2.45, 2.75) is 0 Å². The van der Waals surface area contributed by atoms with Gasteiger partial charge in [-0.1, -0.05) is 5.16 Å². The van der Waals surface area contributed by atoms with Gasteiger partial charge in [-0.2, -0.15) is 4.98 Å². The second-order valence-corrected chi connectivity index (χ2v) is 3.04. The zero-order valence-electron chi connectivity index (χ0n) is 7.21. The highest BCUT2D eigenvalue weighted by Crippen LogP contribution is 2.17. The summed E-state index contributed by atoms with van der Waals surface area (Å²) in [5.41, 5.74) is 5.28. The number of nitrogens with two attached hydrogens (primary N) is 1. The van der Waals surface area contributed by atoms with Crippen molar-refractivity contribution in [1.29, 1.82) is 0 Å². The minimum absolute atomic E-state index is 0.0104. The van der Waals surface area contributed by atoms with Crippen molar-refractivity contribution in [2.75, 3.05) is 5.73 Å². The Morgan fingerprint density at radius 2 is 2.47 bits per heavy atom. The molecule has 0 saturated heterocycles. The third-order valence-electron chi connectivity index (χ3n) is 1.10. The van der Waals surface area contributed by atoms with Gasteiger partial charge < -0.3 is 15.7 Å². The molecule has 0 aromatic carbocycles. The molecule has 0 atom stereocenters. The Morgan fingerprint density at radius 1 is 1.73 bits per heavy atom. The number of amides is 2. The number of ether oxygens (including phenoxy) is 1. The van der Waals surface area contributed by atoms with E-state index < -0.39 is 12.0 Å². The first-order chi connectivity index (χ1) is 7.11. The van der Waals surface area contributed by atoms with E-state index in [-0.39, 0.29) is 11.0 Å². The number of hydrogen-bond acceptors (Lipinski definition) is 8. The fourth-order valence-electron chi connectivity index (χ4n) is 0.625. The van der Waals surface area contributed by atoms with Crippen molar-refractivity contribution in [2.24, 2.45) is 5.16 Å². The fourth-order valence-corrected chi connectivity index (χ4v) is 1.09. The van der Waals surface area contributed by atoms with Crippen molar-refractivity contribution < 1.29 is 19.5 Å². The summed E-state index contributed by atoms with van der Waals surface area (Å²) < 4.78 is 4.56. The van der Waals surface area contributed by atoms with E-state index in [1.165, 1.54) is 5.38 Å². The summed E-state index contributed by atoms with van der Waals surface area (Å²) in [5.74, 6) is -0.922. The number of anilines is 1. The number of imide groups is 1. The van der Waals surface area contributed by atoms with Crippen LogP contribution in [0.25, 0.3) is 0 Å². The smallest absolute Gasteiger partial charge is 0.411 e.